The number of hydrogen-bond acceptors (Lipinski definition) is 1. The lowest BCUT2D eigenvalue weighted by Crippen LogP contribution is -2.07. The number of aliphatic hydroxyl groups excluding tert-OH is 1. The normalized spacial score (nSPS) is 13.3. The molecular weight excluding hydrogens is 265 g/mol. The lowest BCUT2D eigenvalue weighted by atomic mass is 9.93. The summed E-state index contributed by atoms with van der Waals surface area (Å²) in [6, 6.07) is 10.2. The first-order chi connectivity index (χ1) is 9.30. The summed E-state index contributed by atoms with van der Waals surface area (Å²) in [5, 5.41) is 10.4. The van der Waals surface area contributed by atoms with Gasteiger partial charge in [-0.2, -0.15) is 13.2 Å². The SMILES string of the molecule is Cc1cccc(C)c1C(O)c1ccc(C(F)(F)F)cc1. The van der Waals surface area contributed by atoms with Gasteiger partial charge in [-0.05, 0) is 48.2 Å². The number of halogens is 3. The average Bonchev–Trinajstić information content (AvgIpc) is 2.37. The minimum Gasteiger partial charge on any atom is -0.384 e. The van der Waals surface area contributed by atoms with Crippen LogP contribution in [0.25, 0.3) is 0 Å². The van der Waals surface area contributed by atoms with Crippen LogP contribution >= 0.6 is 0 Å². The van der Waals surface area contributed by atoms with Crippen LogP contribution in [0.15, 0.2) is 42.5 Å². The molecule has 0 aromatic heterocycles. The average molecular weight is 280 g/mol. The highest BCUT2D eigenvalue weighted by molar-refractivity contribution is 5.41. The zero-order valence-electron chi connectivity index (χ0n) is 11.2. The number of aliphatic hydroxyl groups is 1. The minimum absolute atomic E-state index is 0.454. The molecule has 0 aliphatic carbocycles. The highest BCUT2D eigenvalue weighted by atomic mass is 19.4. The van der Waals surface area contributed by atoms with Crippen LogP contribution < -0.4 is 0 Å². The van der Waals surface area contributed by atoms with Gasteiger partial charge in [-0.15, -0.1) is 0 Å². The quantitative estimate of drug-likeness (QED) is 0.864. The molecule has 1 N–H and O–H groups in total. The maximum atomic E-state index is 12.5. The van der Waals surface area contributed by atoms with E-state index >= 15 is 0 Å². The van der Waals surface area contributed by atoms with E-state index in [0.717, 1.165) is 28.8 Å². The number of hydrogen-bond donors (Lipinski definition) is 1. The van der Waals surface area contributed by atoms with Gasteiger partial charge < -0.3 is 5.11 Å². The van der Waals surface area contributed by atoms with E-state index in [1.165, 1.54) is 12.1 Å². The maximum Gasteiger partial charge on any atom is 0.416 e. The molecule has 0 bridgehead atoms. The second kappa shape index (κ2) is 5.29. The summed E-state index contributed by atoms with van der Waals surface area (Å²) in [4.78, 5) is 0. The first kappa shape index (κ1) is 14.6. The summed E-state index contributed by atoms with van der Waals surface area (Å²) in [6.45, 7) is 3.74. The lowest BCUT2D eigenvalue weighted by molar-refractivity contribution is -0.137. The molecule has 20 heavy (non-hydrogen) atoms. The largest absolute Gasteiger partial charge is 0.416 e. The molecule has 2 aromatic rings. The predicted molar refractivity (Wildman–Crippen MR) is 71.4 cm³/mol. The molecule has 0 fully saturated rings. The van der Waals surface area contributed by atoms with Gasteiger partial charge in [0.2, 0.25) is 0 Å². The molecule has 0 spiro atoms. The smallest absolute Gasteiger partial charge is 0.384 e. The lowest BCUT2D eigenvalue weighted by Gasteiger charge is -2.17. The zero-order chi connectivity index (χ0) is 14.9. The van der Waals surface area contributed by atoms with E-state index in [2.05, 4.69) is 0 Å². The van der Waals surface area contributed by atoms with Gasteiger partial charge in [0.15, 0.2) is 0 Å². The van der Waals surface area contributed by atoms with Gasteiger partial charge in [-0.1, -0.05) is 30.3 Å². The Morgan fingerprint density at radius 1 is 0.900 bits per heavy atom. The number of aryl methyl sites for hydroxylation is 2. The number of benzene rings is 2. The van der Waals surface area contributed by atoms with E-state index in [1.54, 1.807) is 0 Å². The topological polar surface area (TPSA) is 20.2 Å². The summed E-state index contributed by atoms with van der Waals surface area (Å²) in [6.07, 6.45) is -5.28. The number of rotatable bonds is 2. The van der Waals surface area contributed by atoms with E-state index in [0.29, 0.717) is 5.56 Å². The van der Waals surface area contributed by atoms with Gasteiger partial charge in [0.05, 0.1) is 5.56 Å². The van der Waals surface area contributed by atoms with E-state index in [9.17, 15) is 18.3 Å². The van der Waals surface area contributed by atoms with Gasteiger partial charge in [-0.25, -0.2) is 0 Å². The van der Waals surface area contributed by atoms with Crippen LogP contribution in [0.3, 0.4) is 0 Å². The molecule has 0 aliphatic rings. The molecular formula is C16H15F3O. The monoisotopic (exact) mass is 280 g/mol. The molecule has 106 valence electrons. The Labute approximate surface area is 115 Å². The highest BCUT2D eigenvalue weighted by Gasteiger charge is 2.30. The summed E-state index contributed by atoms with van der Waals surface area (Å²) < 4.78 is 37.5. The van der Waals surface area contributed by atoms with Crippen molar-refractivity contribution in [3.63, 3.8) is 0 Å². The van der Waals surface area contributed by atoms with Crippen LogP contribution in [0.1, 0.15) is 33.9 Å². The van der Waals surface area contributed by atoms with Crippen molar-refractivity contribution in [3.8, 4) is 0 Å². The second-order valence-electron chi connectivity index (χ2n) is 4.83. The third kappa shape index (κ3) is 2.85. The molecule has 1 atom stereocenters. The maximum absolute atomic E-state index is 12.5. The van der Waals surface area contributed by atoms with Crippen molar-refractivity contribution in [2.45, 2.75) is 26.1 Å². The summed E-state index contributed by atoms with van der Waals surface area (Å²) in [5.74, 6) is 0. The van der Waals surface area contributed by atoms with Crippen LogP contribution in [-0.2, 0) is 6.18 Å². The van der Waals surface area contributed by atoms with Crippen molar-refractivity contribution < 1.29 is 18.3 Å². The van der Waals surface area contributed by atoms with E-state index in [1.807, 2.05) is 32.0 Å². The molecule has 1 unspecified atom stereocenters. The molecule has 0 aliphatic heterocycles. The van der Waals surface area contributed by atoms with Crippen LogP contribution in [0.5, 0.6) is 0 Å². The van der Waals surface area contributed by atoms with Crippen molar-refractivity contribution in [1.29, 1.82) is 0 Å². The summed E-state index contributed by atoms with van der Waals surface area (Å²) in [5.41, 5.74) is 2.31. The third-order valence-corrected chi connectivity index (χ3v) is 3.37. The van der Waals surface area contributed by atoms with Crippen molar-refractivity contribution in [1.82, 2.24) is 0 Å². The first-order valence-electron chi connectivity index (χ1n) is 6.22. The fraction of sp³-hybridized carbons (Fsp3) is 0.250. The molecule has 2 aromatic carbocycles. The fourth-order valence-corrected chi connectivity index (χ4v) is 2.28. The molecule has 0 heterocycles. The Hall–Kier alpha value is -1.81. The van der Waals surface area contributed by atoms with Crippen molar-refractivity contribution in [2.75, 3.05) is 0 Å². The highest BCUT2D eigenvalue weighted by Crippen LogP contribution is 2.32. The van der Waals surface area contributed by atoms with Crippen LogP contribution in [0.2, 0.25) is 0 Å². The van der Waals surface area contributed by atoms with Gasteiger partial charge in [0, 0.05) is 0 Å². The molecule has 0 radical (unpaired) electrons. The van der Waals surface area contributed by atoms with E-state index in [4.69, 9.17) is 0 Å². The molecule has 0 amide bonds. The standard InChI is InChI=1S/C16H15F3O/c1-10-4-3-5-11(2)14(10)15(20)12-6-8-13(9-7-12)16(17,18)19/h3-9,15,20H,1-2H3. The second-order valence-corrected chi connectivity index (χ2v) is 4.83. The predicted octanol–water partition coefficient (Wildman–Crippen LogP) is 4.40. The fourth-order valence-electron chi connectivity index (χ4n) is 2.28. The Morgan fingerprint density at radius 2 is 1.40 bits per heavy atom. The Morgan fingerprint density at radius 3 is 1.85 bits per heavy atom. The van der Waals surface area contributed by atoms with E-state index in [-0.39, 0.29) is 0 Å². The Balaban J connectivity index is 2.37. The third-order valence-electron chi connectivity index (χ3n) is 3.37. The van der Waals surface area contributed by atoms with Gasteiger partial charge in [-0.3, -0.25) is 0 Å². The van der Waals surface area contributed by atoms with Crippen LogP contribution in [0.4, 0.5) is 13.2 Å². The number of alkyl halides is 3. The minimum atomic E-state index is -4.36. The zero-order valence-corrected chi connectivity index (χ0v) is 11.2. The van der Waals surface area contributed by atoms with Gasteiger partial charge >= 0.3 is 6.18 Å². The summed E-state index contributed by atoms with van der Waals surface area (Å²) in [7, 11) is 0. The Kier molecular flexibility index (Phi) is 3.86. The van der Waals surface area contributed by atoms with Crippen LogP contribution in [-0.4, -0.2) is 5.11 Å². The summed E-state index contributed by atoms with van der Waals surface area (Å²) >= 11 is 0. The van der Waals surface area contributed by atoms with Crippen LogP contribution in [0, 0.1) is 13.8 Å². The van der Waals surface area contributed by atoms with Gasteiger partial charge in [0.1, 0.15) is 6.10 Å². The molecule has 0 saturated carbocycles. The van der Waals surface area contributed by atoms with Gasteiger partial charge in [0.25, 0.3) is 0 Å². The Bertz CT molecular complexity index is 580. The van der Waals surface area contributed by atoms with E-state index < -0.39 is 17.8 Å². The van der Waals surface area contributed by atoms with Crippen molar-refractivity contribution in [2.24, 2.45) is 0 Å². The van der Waals surface area contributed by atoms with Crippen molar-refractivity contribution in [3.05, 3.63) is 70.3 Å². The first-order valence-corrected chi connectivity index (χ1v) is 6.22. The molecule has 1 nitrogen and oxygen atoms in total. The molecule has 4 heteroatoms. The molecule has 2 rings (SSSR count). The molecule has 0 saturated heterocycles. The van der Waals surface area contributed by atoms with Crippen molar-refractivity contribution >= 4 is 0 Å².